The van der Waals surface area contributed by atoms with Gasteiger partial charge in [-0.3, -0.25) is 18.6 Å². The first-order chi connectivity index (χ1) is 22.3. The monoisotopic (exact) mass is 1000 g/mol. The zero-order valence-corrected chi connectivity index (χ0v) is 32.4. The molecule has 0 saturated heterocycles. The first-order valence-corrected chi connectivity index (χ1v) is 18.0. The SMILES string of the molecule is Nc1nc(=O)c2c([nH]1)N[C@H]1O[C@@H](COP(=O)(O)O)C(S)=C(S)[C@H]1N2.Nc1nc(=O)c2c([nH]1)N[C@H]1O[C@@H](COP(=O)(O)O)C(S)=C(S)[C@H]1N2.[MgH2].[W]. The summed E-state index contributed by atoms with van der Waals surface area (Å²) in [5.41, 5.74) is 10.2. The van der Waals surface area contributed by atoms with E-state index in [9.17, 15) is 18.7 Å². The van der Waals surface area contributed by atoms with E-state index in [1.165, 1.54) is 0 Å². The Bertz CT molecular complexity index is 1770. The van der Waals surface area contributed by atoms with Crippen LogP contribution in [0.2, 0.25) is 0 Å². The average Bonchev–Trinajstić information content (AvgIpc) is 2.97. The summed E-state index contributed by atoms with van der Waals surface area (Å²) in [4.78, 5) is 73.1. The molecule has 0 bridgehead atoms. The quantitative estimate of drug-likeness (QED) is 0.0846. The van der Waals surface area contributed by atoms with Crippen LogP contribution in [-0.4, -0.2) is 113 Å². The van der Waals surface area contributed by atoms with Crippen LogP contribution >= 0.6 is 66.2 Å². The molecular weight excluding hydrogens is 971 g/mol. The van der Waals surface area contributed by atoms with E-state index in [1.807, 2.05) is 0 Å². The van der Waals surface area contributed by atoms with E-state index in [4.69, 9.17) is 40.5 Å². The van der Waals surface area contributed by atoms with E-state index in [2.05, 4.69) is 101 Å². The van der Waals surface area contributed by atoms with Crippen LogP contribution in [0, 0.1) is 0 Å². The van der Waals surface area contributed by atoms with Gasteiger partial charge < -0.3 is 71.7 Å². The van der Waals surface area contributed by atoms with Gasteiger partial charge in [0, 0.05) is 40.7 Å². The number of hydrogen-bond acceptors (Lipinski definition) is 20. The first-order valence-electron chi connectivity index (χ1n) is 13.1. The number of aromatic amines is 2. The van der Waals surface area contributed by atoms with E-state index in [1.54, 1.807) is 0 Å². The Balaban J connectivity index is 0.000000260. The summed E-state index contributed by atoms with van der Waals surface area (Å²) in [7, 11) is -9.30. The number of phosphoric acid groups is 2. The summed E-state index contributed by atoms with van der Waals surface area (Å²) in [6.07, 6.45) is -3.11. The fourth-order valence-electron chi connectivity index (χ4n) is 4.73. The molecule has 22 nitrogen and oxygen atoms in total. The normalized spacial score (nSPS) is 25.2. The molecule has 6 heterocycles. The number of aromatic nitrogens is 4. The zero-order chi connectivity index (χ0) is 35.3. The maximum Gasteiger partial charge on any atom is 0.469 e. The fourth-order valence-corrected chi connectivity index (χ4v) is 6.62. The molecule has 0 radical (unpaired) electrons. The minimum atomic E-state index is -4.65. The predicted octanol–water partition coefficient (Wildman–Crippen LogP) is -1.99. The van der Waals surface area contributed by atoms with Crippen molar-refractivity contribution in [1.82, 2.24) is 19.9 Å². The number of ether oxygens (including phenoxy) is 2. The molecule has 0 spiro atoms. The molecule has 6 rings (SSSR count). The van der Waals surface area contributed by atoms with Gasteiger partial charge in [-0.05, 0) is 0 Å². The summed E-state index contributed by atoms with van der Waals surface area (Å²) in [5.74, 6) is 0.430. The van der Waals surface area contributed by atoms with Gasteiger partial charge in [-0.2, -0.15) is 9.97 Å². The Morgan fingerprint density at radius 2 is 1.02 bits per heavy atom. The molecule has 0 amide bonds. The zero-order valence-electron chi connectivity index (χ0n) is 24.1. The van der Waals surface area contributed by atoms with Crippen molar-refractivity contribution in [2.75, 3.05) is 45.9 Å². The molecule has 0 unspecified atom stereocenters. The summed E-state index contributed by atoms with van der Waals surface area (Å²) in [6, 6.07) is -1.10. The van der Waals surface area contributed by atoms with Gasteiger partial charge in [0.2, 0.25) is 11.9 Å². The minimum Gasteiger partial charge on any atom is -0.369 e. The van der Waals surface area contributed by atoms with Gasteiger partial charge >= 0.3 is 38.7 Å². The molecule has 2 aromatic rings. The number of H-pyrrole nitrogens is 2. The molecule has 2 aromatic heterocycles. The first kappa shape index (κ1) is 43.4. The summed E-state index contributed by atoms with van der Waals surface area (Å²) < 4.78 is 42.0. The van der Waals surface area contributed by atoms with Gasteiger partial charge in [0.25, 0.3) is 11.1 Å². The van der Waals surface area contributed by atoms with Gasteiger partial charge in [0.15, 0.2) is 12.5 Å². The smallest absolute Gasteiger partial charge is 0.369 e. The third kappa shape index (κ3) is 10.2. The van der Waals surface area contributed by atoms with Gasteiger partial charge in [0.1, 0.15) is 47.3 Å². The van der Waals surface area contributed by atoms with Crippen molar-refractivity contribution in [3.05, 3.63) is 40.3 Å². The number of nitrogen functional groups attached to an aromatic ring is 2. The summed E-state index contributed by atoms with van der Waals surface area (Å²) >= 11 is 17.3. The minimum absolute atomic E-state index is 0. The van der Waals surface area contributed by atoms with Crippen molar-refractivity contribution >= 4 is 124 Å². The molecule has 274 valence electrons. The van der Waals surface area contributed by atoms with E-state index < -0.39 is 76.7 Å². The van der Waals surface area contributed by atoms with Gasteiger partial charge in [-0.25, -0.2) is 9.13 Å². The van der Waals surface area contributed by atoms with Crippen molar-refractivity contribution in [2.24, 2.45) is 0 Å². The van der Waals surface area contributed by atoms with Crippen molar-refractivity contribution in [2.45, 2.75) is 36.7 Å². The number of fused-ring (bicyclic) bond motifs is 4. The molecule has 50 heavy (non-hydrogen) atoms. The summed E-state index contributed by atoms with van der Waals surface area (Å²) in [5, 5.41) is 11.7. The molecular formula is C20H30MgN10O12P2S4W. The second-order valence-corrected chi connectivity index (χ2v) is 14.5. The number of hydrogen-bond donors (Lipinski definition) is 16. The van der Waals surface area contributed by atoms with Crippen LogP contribution in [0.4, 0.5) is 34.9 Å². The second kappa shape index (κ2) is 17.0. The van der Waals surface area contributed by atoms with Crippen molar-refractivity contribution < 1.29 is 68.3 Å². The number of nitrogens with two attached hydrogens (primary N) is 2. The molecule has 0 aromatic carbocycles. The van der Waals surface area contributed by atoms with Crippen molar-refractivity contribution in [1.29, 1.82) is 0 Å². The number of anilines is 6. The Kier molecular flexibility index (Phi) is 14.8. The summed E-state index contributed by atoms with van der Waals surface area (Å²) in [6.45, 7) is -0.833. The maximum absolute atomic E-state index is 11.9. The fraction of sp³-hybridized carbons (Fsp3) is 0.400. The van der Waals surface area contributed by atoms with Crippen LogP contribution in [0.1, 0.15) is 0 Å². The van der Waals surface area contributed by atoms with E-state index in [0.29, 0.717) is 19.6 Å². The second-order valence-electron chi connectivity index (χ2n) is 10.1. The number of nitrogens with zero attached hydrogens (tertiary/aromatic N) is 2. The third-order valence-electron chi connectivity index (χ3n) is 6.79. The Morgan fingerprint density at radius 1 is 0.680 bits per heavy atom. The van der Waals surface area contributed by atoms with Crippen LogP contribution in [0.25, 0.3) is 0 Å². The van der Waals surface area contributed by atoms with Crippen LogP contribution < -0.4 is 43.9 Å². The van der Waals surface area contributed by atoms with E-state index >= 15 is 0 Å². The topological polar surface area (TPSA) is 344 Å². The van der Waals surface area contributed by atoms with Gasteiger partial charge in [-0.1, -0.05) is 0 Å². The molecule has 0 saturated carbocycles. The van der Waals surface area contributed by atoms with Crippen LogP contribution in [0.5, 0.6) is 0 Å². The van der Waals surface area contributed by atoms with E-state index in [0.717, 1.165) is 0 Å². The Morgan fingerprint density at radius 3 is 1.34 bits per heavy atom. The van der Waals surface area contributed by atoms with E-state index in [-0.39, 0.29) is 79.0 Å². The Labute approximate surface area is 333 Å². The van der Waals surface area contributed by atoms with Crippen molar-refractivity contribution in [3.63, 3.8) is 0 Å². The van der Waals surface area contributed by atoms with Crippen LogP contribution in [-0.2, 0) is 48.7 Å². The number of rotatable bonds is 6. The predicted molar refractivity (Wildman–Crippen MR) is 192 cm³/mol. The molecule has 0 fully saturated rings. The standard InChI is InChI=1S/2C10H14N5O6PS2.Mg.W.2H/c2*11-10-14-7-4(8(16)15-10)12-3-6(24)5(23)2(21-9(3)13-7)1-20-22(17,18)19;;;;/h2*2-3,9,12,23-24H,1H2,(H2,17,18,19)(H4,11,13,14,15,16);;;;/t2*2-,3+,9-;;;;/m00..../s1. The Hall–Kier alpha value is -0.965. The number of nitrogens with one attached hydrogen (secondary N) is 6. The number of phosphoric ester groups is 2. The van der Waals surface area contributed by atoms with Crippen LogP contribution in [0.15, 0.2) is 29.2 Å². The molecule has 14 N–H and O–H groups in total. The van der Waals surface area contributed by atoms with Crippen molar-refractivity contribution in [3.8, 4) is 0 Å². The van der Waals surface area contributed by atoms with Gasteiger partial charge in [-0.15, -0.1) is 50.5 Å². The third-order valence-corrected chi connectivity index (χ3v) is 10.2. The molecule has 6 atom stereocenters. The molecule has 30 heteroatoms. The maximum atomic E-state index is 11.9. The largest absolute Gasteiger partial charge is 0.469 e. The number of thiol groups is 4. The molecule has 0 aliphatic carbocycles. The average molecular weight is 1000 g/mol. The van der Waals surface area contributed by atoms with Gasteiger partial charge in [0.05, 0.1) is 13.2 Å². The van der Waals surface area contributed by atoms with Crippen LogP contribution in [0.3, 0.4) is 0 Å². The molecule has 4 aliphatic rings. The molecule has 4 aliphatic heterocycles.